The Bertz CT molecular complexity index is 363. The Kier molecular flexibility index (Phi) is 5.31. The average molecular weight is 263 g/mol. The maximum atomic E-state index is 6.01. The monoisotopic (exact) mass is 263 g/mol. The number of hydrogen-bond donors (Lipinski definition) is 1. The quantitative estimate of drug-likeness (QED) is 0.848. The molecule has 4 nitrogen and oxygen atoms in total. The van der Waals surface area contributed by atoms with E-state index in [9.17, 15) is 0 Å². The molecule has 1 aromatic heterocycles. The summed E-state index contributed by atoms with van der Waals surface area (Å²) in [6.45, 7) is 7.47. The van der Waals surface area contributed by atoms with Gasteiger partial charge in [0, 0.05) is 37.9 Å². The average Bonchev–Trinajstić information content (AvgIpc) is 2.48. The molecule has 1 saturated heterocycles. The van der Waals surface area contributed by atoms with Crippen LogP contribution in [0.3, 0.4) is 0 Å². The molecular weight excluding hydrogens is 238 g/mol. The zero-order valence-corrected chi connectivity index (χ0v) is 11.8. The normalized spacial score (nSPS) is 23.7. The summed E-state index contributed by atoms with van der Waals surface area (Å²) < 4.78 is 5.65. The van der Waals surface area contributed by atoms with Crippen molar-refractivity contribution in [2.24, 2.45) is 11.1 Å². The third-order valence-corrected chi connectivity index (χ3v) is 3.96. The van der Waals surface area contributed by atoms with Crippen molar-refractivity contribution in [3.05, 3.63) is 30.1 Å². The summed E-state index contributed by atoms with van der Waals surface area (Å²) in [4.78, 5) is 6.82. The molecule has 0 bridgehead atoms. The molecule has 19 heavy (non-hydrogen) atoms. The molecule has 0 aliphatic carbocycles. The molecule has 1 aliphatic heterocycles. The van der Waals surface area contributed by atoms with Crippen molar-refractivity contribution in [1.29, 1.82) is 0 Å². The van der Waals surface area contributed by atoms with Crippen LogP contribution in [0, 0.1) is 5.41 Å². The molecular formula is C15H25N3O. The molecule has 106 valence electrons. The van der Waals surface area contributed by atoms with E-state index in [-0.39, 0.29) is 5.41 Å². The number of nitrogens with two attached hydrogens (primary N) is 1. The molecule has 0 aromatic carbocycles. The fourth-order valence-electron chi connectivity index (χ4n) is 2.73. The molecule has 4 heteroatoms. The molecule has 2 heterocycles. The van der Waals surface area contributed by atoms with Gasteiger partial charge in [-0.3, -0.25) is 9.88 Å². The van der Waals surface area contributed by atoms with E-state index >= 15 is 0 Å². The van der Waals surface area contributed by atoms with Crippen LogP contribution in [0.2, 0.25) is 0 Å². The van der Waals surface area contributed by atoms with Gasteiger partial charge in [-0.25, -0.2) is 0 Å². The summed E-state index contributed by atoms with van der Waals surface area (Å²) in [7, 11) is 0. The molecule has 0 radical (unpaired) electrons. The second-order valence-electron chi connectivity index (χ2n) is 5.48. The number of nitrogens with zero attached hydrogens (tertiary/aromatic N) is 2. The molecule has 1 fully saturated rings. The summed E-state index contributed by atoms with van der Waals surface area (Å²) in [5, 5.41) is 0. The third kappa shape index (κ3) is 4.00. The molecule has 1 atom stereocenters. The lowest BCUT2D eigenvalue weighted by Crippen LogP contribution is -2.47. The van der Waals surface area contributed by atoms with Crippen molar-refractivity contribution >= 4 is 0 Å². The Morgan fingerprint density at radius 3 is 2.95 bits per heavy atom. The number of hydrogen-bond acceptors (Lipinski definition) is 4. The van der Waals surface area contributed by atoms with Gasteiger partial charge in [-0.15, -0.1) is 0 Å². The maximum absolute atomic E-state index is 6.01. The van der Waals surface area contributed by atoms with Crippen LogP contribution in [0.1, 0.15) is 25.5 Å². The maximum Gasteiger partial charge on any atom is 0.0546 e. The molecule has 0 amide bonds. The Balaban J connectivity index is 1.97. The first-order valence-corrected chi connectivity index (χ1v) is 7.18. The molecule has 2 rings (SSSR count). The second-order valence-corrected chi connectivity index (χ2v) is 5.48. The van der Waals surface area contributed by atoms with Crippen LogP contribution in [0.4, 0.5) is 0 Å². The highest BCUT2D eigenvalue weighted by Crippen LogP contribution is 2.28. The molecule has 0 saturated carbocycles. The van der Waals surface area contributed by atoms with Crippen molar-refractivity contribution in [2.45, 2.75) is 26.3 Å². The lowest BCUT2D eigenvalue weighted by atomic mass is 9.82. The summed E-state index contributed by atoms with van der Waals surface area (Å²) in [6.07, 6.45) is 4.14. The highest BCUT2D eigenvalue weighted by atomic mass is 16.5. The van der Waals surface area contributed by atoms with Gasteiger partial charge in [0.1, 0.15) is 0 Å². The summed E-state index contributed by atoms with van der Waals surface area (Å²) in [6, 6.07) is 6.07. The van der Waals surface area contributed by atoms with Gasteiger partial charge in [0.25, 0.3) is 0 Å². The first-order chi connectivity index (χ1) is 9.28. The minimum absolute atomic E-state index is 0.128. The SMILES string of the molecule is CCN(Cc1ccccn1)CC1(CN)CCCOC1. The van der Waals surface area contributed by atoms with E-state index in [1.54, 1.807) is 0 Å². The predicted molar refractivity (Wildman–Crippen MR) is 76.7 cm³/mol. The third-order valence-electron chi connectivity index (χ3n) is 3.96. The van der Waals surface area contributed by atoms with Crippen LogP contribution in [0.25, 0.3) is 0 Å². The molecule has 1 aliphatic rings. The molecule has 1 unspecified atom stereocenters. The van der Waals surface area contributed by atoms with Crippen molar-refractivity contribution in [2.75, 3.05) is 32.8 Å². The lowest BCUT2D eigenvalue weighted by Gasteiger charge is -2.39. The standard InChI is InChI=1S/C15H25N3O/c1-2-18(10-14-6-3-4-8-17-14)12-15(11-16)7-5-9-19-13-15/h3-4,6,8H,2,5,7,9-13,16H2,1H3. The van der Waals surface area contributed by atoms with Gasteiger partial charge in [-0.1, -0.05) is 13.0 Å². The van der Waals surface area contributed by atoms with Crippen molar-refractivity contribution in [3.8, 4) is 0 Å². The summed E-state index contributed by atoms with van der Waals surface area (Å²) >= 11 is 0. The zero-order valence-electron chi connectivity index (χ0n) is 11.8. The molecule has 1 aromatic rings. The van der Waals surface area contributed by atoms with Crippen LogP contribution < -0.4 is 5.73 Å². The molecule has 0 spiro atoms. The number of rotatable bonds is 6. The Morgan fingerprint density at radius 1 is 1.47 bits per heavy atom. The first-order valence-electron chi connectivity index (χ1n) is 7.18. The summed E-state index contributed by atoms with van der Waals surface area (Å²) in [5.41, 5.74) is 7.26. The van der Waals surface area contributed by atoms with Gasteiger partial charge < -0.3 is 10.5 Å². The number of ether oxygens (including phenoxy) is 1. The van der Waals surface area contributed by atoms with Crippen LogP contribution in [-0.2, 0) is 11.3 Å². The van der Waals surface area contributed by atoms with E-state index in [0.29, 0.717) is 6.54 Å². The lowest BCUT2D eigenvalue weighted by molar-refractivity contribution is -0.0225. The van der Waals surface area contributed by atoms with Crippen LogP contribution >= 0.6 is 0 Å². The van der Waals surface area contributed by atoms with Gasteiger partial charge >= 0.3 is 0 Å². The van der Waals surface area contributed by atoms with Gasteiger partial charge in [0.05, 0.1) is 12.3 Å². The van der Waals surface area contributed by atoms with Gasteiger partial charge in [0.15, 0.2) is 0 Å². The Hall–Kier alpha value is -0.970. The summed E-state index contributed by atoms with van der Waals surface area (Å²) in [5.74, 6) is 0. The predicted octanol–water partition coefficient (Wildman–Crippen LogP) is 1.66. The smallest absolute Gasteiger partial charge is 0.0546 e. The highest BCUT2D eigenvalue weighted by Gasteiger charge is 2.33. The van der Waals surface area contributed by atoms with E-state index in [2.05, 4.69) is 22.9 Å². The topological polar surface area (TPSA) is 51.4 Å². The van der Waals surface area contributed by atoms with Crippen LogP contribution in [0.5, 0.6) is 0 Å². The molecule has 2 N–H and O–H groups in total. The van der Waals surface area contributed by atoms with E-state index < -0.39 is 0 Å². The minimum Gasteiger partial charge on any atom is -0.381 e. The zero-order chi connectivity index (χ0) is 13.6. The Labute approximate surface area is 116 Å². The van der Waals surface area contributed by atoms with E-state index in [1.807, 2.05) is 18.3 Å². The minimum atomic E-state index is 0.128. The first kappa shape index (κ1) is 14.4. The van der Waals surface area contributed by atoms with E-state index in [4.69, 9.17) is 10.5 Å². The van der Waals surface area contributed by atoms with Crippen molar-refractivity contribution < 1.29 is 4.74 Å². The second kappa shape index (κ2) is 6.98. The van der Waals surface area contributed by atoms with Crippen molar-refractivity contribution in [1.82, 2.24) is 9.88 Å². The Morgan fingerprint density at radius 2 is 2.37 bits per heavy atom. The fraction of sp³-hybridized carbons (Fsp3) is 0.667. The number of aromatic nitrogens is 1. The fourth-order valence-corrected chi connectivity index (χ4v) is 2.73. The largest absolute Gasteiger partial charge is 0.381 e. The highest BCUT2D eigenvalue weighted by molar-refractivity contribution is 5.03. The van der Waals surface area contributed by atoms with E-state index in [1.165, 1.54) is 6.42 Å². The van der Waals surface area contributed by atoms with E-state index in [0.717, 1.165) is 45.0 Å². The van der Waals surface area contributed by atoms with Gasteiger partial charge in [-0.05, 0) is 31.5 Å². The van der Waals surface area contributed by atoms with Crippen LogP contribution in [0.15, 0.2) is 24.4 Å². The van der Waals surface area contributed by atoms with Gasteiger partial charge in [-0.2, -0.15) is 0 Å². The van der Waals surface area contributed by atoms with Crippen LogP contribution in [-0.4, -0.2) is 42.7 Å². The van der Waals surface area contributed by atoms with Crippen molar-refractivity contribution in [3.63, 3.8) is 0 Å². The van der Waals surface area contributed by atoms with Gasteiger partial charge in [0.2, 0.25) is 0 Å². The number of pyridine rings is 1.